The van der Waals surface area contributed by atoms with Gasteiger partial charge < -0.3 is 15.5 Å². The number of nitrogen functional groups attached to an aromatic ring is 1. The van der Waals surface area contributed by atoms with Crippen molar-refractivity contribution in [2.75, 3.05) is 30.3 Å². The maximum Gasteiger partial charge on any atom is 0.223 e. The summed E-state index contributed by atoms with van der Waals surface area (Å²) in [5.74, 6) is 1.63. The van der Waals surface area contributed by atoms with Gasteiger partial charge in [0.2, 0.25) is 5.91 Å². The second kappa shape index (κ2) is 6.95. The molecule has 5 heterocycles. The van der Waals surface area contributed by atoms with Crippen LogP contribution in [0.5, 0.6) is 0 Å². The Kier molecular flexibility index (Phi) is 4.52. The van der Waals surface area contributed by atoms with Gasteiger partial charge >= 0.3 is 0 Å². The number of hydrogen-bond donors (Lipinski definition) is 1. The largest absolute Gasteiger partial charge is 0.375 e. The molecule has 8 heteroatoms. The Morgan fingerprint density at radius 1 is 1.28 bits per heavy atom. The van der Waals surface area contributed by atoms with Crippen molar-refractivity contribution in [3.8, 4) is 0 Å². The highest BCUT2D eigenvalue weighted by molar-refractivity contribution is 7.13. The van der Waals surface area contributed by atoms with Crippen LogP contribution in [0, 0.1) is 5.92 Å². The minimum atomic E-state index is 0.224. The molecule has 5 rings (SSSR count). The fraction of sp³-hybridized carbons (Fsp3) is 0.529. The lowest BCUT2D eigenvalue weighted by Gasteiger charge is -2.36. The van der Waals surface area contributed by atoms with Gasteiger partial charge in [0.1, 0.15) is 5.82 Å². The van der Waals surface area contributed by atoms with E-state index in [0.29, 0.717) is 23.9 Å². The first-order valence-electron chi connectivity index (χ1n) is 8.69. The number of piperidine rings is 1. The molecule has 0 spiro atoms. The third-order valence-electron chi connectivity index (χ3n) is 5.07. The molecule has 0 radical (unpaired) electrons. The van der Waals surface area contributed by atoms with Crippen molar-refractivity contribution in [1.82, 2.24) is 19.9 Å². The summed E-state index contributed by atoms with van der Waals surface area (Å²) in [5, 5.41) is 2.50. The number of fused-ring (bicyclic) bond motifs is 4. The van der Waals surface area contributed by atoms with E-state index in [2.05, 4.69) is 24.8 Å². The summed E-state index contributed by atoms with van der Waals surface area (Å²) in [6.07, 6.45) is 8.63. The number of carbonyl (C=O) groups is 1. The summed E-state index contributed by atoms with van der Waals surface area (Å²) in [6.45, 7) is 2.63. The van der Waals surface area contributed by atoms with Crippen LogP contribution in [-0.2, 0) is 11.2 Å². The van der Waals surface area contributed by atoms with Gasteiger partial charge in [-0.25, -0.2) is 9.97 Å². The molecule has 2 aromatic heterocycles. The van der Waals surface area contributed by atoms with Gasteiger partial charge in [-0.05, 0) is 25.2 Å². The normalized spacial score (nSPS) is 22.9. The summed E-state index contributed by atoms with van der Waals surface area (Å²) < 4.78 is 0. The van der Waals surface area contributed by atoms with Gasteiger partial charge in [-0.1, -0.05) is 0 Å². The predicted octanol–water partition coefficient (Wildman–Crippen LogP) is 1.58. The molecule has 3 fully saturated rings. The Hall–Kier alpha value is -2.22. The van der Waals surface area contributed by atoms with Gasteiger partial charge in [-0.2, -0.15) is 0 Å². The van der Waals surface area contributed by atoms with Gasteiger partial charge in [0.25, 0.3) is 0 Å². The van der Waals surface area contributed by atoms with E-state index in [1.54, 1.807) is 12.4 Å². The Morgan fingerprint density at radius 3 is 2.96 bits per heavy atom. The molecular weight excluding hydrogens is 336 g/mol. The number of nitrogens with two attached hydrogens (primary N) is 1. The molecule has 132 valence electrons. The second-order valence-corrected chi connectivity index (χ2v) is 7.68. The van der Waals surface area contributed by atoms with Crippen LogP contribution < -0.4 is 10.6 Å². The average Bonchev–Trinajstić information content (AvgIpc) is 2.85. The molecule has 2 atom stereocenters. The number of aromatic nitrogens is 3. The Labute approximate surface area is 150 Å². The first-order valence-corrected chi connectivity index (χ1v) is 9.57. The first-order chi connectivity index (χ1) is 12.2. The van der Waals surface area contributed by atoms with Crippen LogP contribution in [0.1, 0.15) is 25.0 Å². The van der Waals surface area contributed by atoms with Gasteiger partial charge in [-0.15, -0.1) is 11.3 Å². The summed E-state index contributed by atoms with van der Waals surface area (Å²) in [6, 6.07) is 0.258. The fourth-order valence-corrected chi connectivity index (χ4v) is 4.44. The van der Waals surface area contributed by atoms with Crippen LogP contribution in [0.3, 0.4) is 0 Å². The maximum atomic E-state index is 12.8. The van der Waals surface area contributed by atoms with Gasteiger partial charge in [-0.3, -0.25) is 9.78 Å². The van der Waals surface area contributed by atoms with Crippen molar-refractivity contribution >= 4 is 28.2 Å². The number of rotatable bonds is 4. The third kappa shape index (κ3) is 3.58. The lowest BCUT2D eigenvalue weighted by Crippen LogP contribution is -2.47. The molecule has 2 aromatic rings. The number of hydrogen-bond acceptors (Lipinski definition) is 7. The van der Waals surface area contributed by atoms with Crippen molar-refractivity contribution in [3.05, 3.63) is 29.7 Å². The zero-order chi connectivity index (χ0) is 17.2. The zero-order valence-corrected chi connectivity index (χ0v) is 14.9. The van der Waals surface area contributed by atoms with Crippen LogP contribution in [0.15, 0.2) is 24.0 Å². The number of aryl methyl sites for hydroxylation is 1. The number of anilines is 2. The van der Waals surface area contributed by atoms with E-state index in [9.17, 15) is 4.79 Å². The molecule has 0 aliphatic carbocycles. The highest BCUT2D eigenvalue weighted by atomic mass is 32.1. The van der Waals surface area contributed by atoms with Gasteiger partial charge in [0, 0.05) is 49.9 Å². The summed E-state index contributed by atoms with van der Waals surface area (Å²) in [4.78, 5) is 30.0. The molecule has 7 nitrogen and oxygen atoms in total. The van der Waals surface area contributed by atoms with E-state index in [-0.39, 0.29) is 11.9 Å². The van der Waals surface area contributed by atoms with Crippen LogP contribution >= 0.6 is 11.3 Å². The van der Waals surface area contributed by atoms with E-state index in [4.69, 9.17) is 5.73 Å². The van der Waals surface area contributed by atoms with Crippen LogP contribution in [-0.4, -0.2) is 51.4 Å². The lowest BCUT2D eigenvalue weighted by atomic mass is 9.94. The van der Waals surface area contributed by atoms with Crippen molar-refractivity contribution < 1.29 is 4.79 Å². The topological polar surface area (TPSA) is 88.2 Å². The Balaban J connectivity index is 1.42. The van der Waals surface area contributed by atoms with Crippen molar-refractivity contribution in [3.63, 3.8) is 0 Å². The van der Waals surface area contributed by atoms with Crippen LogP contribution in [0.4, 0.5) is 10.9 Å². The standard InChI is InChI=1S/C17H22N6OS/c18-17-21-13(11-25-17)2-4-16(24)23-9-12-1-3-14(23)10-22(8-12)15-7-19-5-6-20-15/h5-7,11-12,14H,1-4,8-10H2,(H2,18,21). The second-order valence-electron chi connectivity index (χ2n) is 6.79. The monoisotopic (exact) mass is 358 g/mol. The van der Waals surface area contributed by atoms with Gasteiger partial charge in [0.15, 0.2) is 5.13 Å². The minimum absolute atomic E-state index is 0.224. The Bertz CT molecular complexity index is 736. The van der Waals surface area contributed by atoms with Crippen molar-refractivity contribution in [1.29, 1.82) is 0 Å². The SMILES string of the molecule is Nc1nc(CCC(=O)N2CC3CCC2CN(c2cnccn2)C3)cs1. The minimum Gasteiger partial charge on any atom is -0.375 e. The summed E-state index contributed by atoms with van der Waals surface area (Å²) in [7, 11) is 0. The van der Waals surface area contributed by atoms with E-state index in [0.717, 1.165) is 37.6 Å². The summed E-state index contributed by atoms with van der Waals surface area (Å²) >= 11 is 1.43. The van der Waals surface area contributed by atoms with Crippen molar-refractivity contribution in [2.45, 2.75) is 31.7 Å². The highest BCUT2D eigenvalue weighted by Gasteiger charge is 2.37. The molecule has 0 saturated carbocycles. The quantitative estimate of drug-likeness (QED) is 0.893. The highest BCUT2D eigenvalue weighted by Crippen LogP contribution is 2.30. The number of nitrogens with zero attached hydrogens (tertiary/aromatic N) is 5. The number of amides is 1. The average molecular weight is 358 g/mol. The van der Waals surface area contributed by atoms with E-state index in [1.165, 1.54) is 17.8 Å². The molecule has 3 aliphatic rings. The molecule has 3 saturated heterocycles. The molecular formula is C17H22N6OS. The van der Waals surface area contributed by atoms with Gasteiger partial charge in [0.05, 0.1) is 11.9 Å². The molecule has 2 unspecified atom stereocenters. The van der Waals surface area contributed by atoms with E-state index >= 15 is 0 Å². The smallest absolute Gasteiger partial charge is 0.223 e. The molecule has 2 bridgehead atoms. The van der Waals surface area contributed by atoms with Crippen LogP contribution in [0.2, 0.25) is 0 Å². The fourth-order valence-electron chi connectivity index (χ4n) is 3.85. The third-order valence-corrected chi connectivity index (χ3v) is 5.79. The van der Waals surface area contributed by atoms with Crippen LogP contribution in [0.25, 0.3) is 0 Å². The Morgan fingerprint density at radius 2 is 2.20 bits per heavy atom. The maximum absolute atomic E-state index is 12.8. The zero-order valence-electron chi connectivity index (χ0n) is 14.0. The first kappa shape index (κ1) is 16.3. The number of thiazole rings is 1. The number of carbonyl (C=O) groups excluding carboxylic acids is 1. The predicted molar refractivity (Wildman–Crippen MR) is 97.3 cm³/mol. The molecule has 3 aliphatic heterocycles. The summed E-state index contributed by atoms with van der Waals surface area (Å²) in [5.41, 5.74) is 6.58. The molecule has 25 heavy (non-hydrogen) atoms. The molecule has 1 amide bonds. The molecule has 2 N–H and O–H groups in total. The van der Waals surface area contributed by atoms with Crippen molar-refractivity contribution in [2.24, 2.45) is 5.92 Å². The lowest BCUT2D eigenvalue weighted by molar-refractivity contribution is -0.135. The molecule has 0 aromatic carbocycles. The van der Waals surface area contributed by atoms with E-state index in [1.807, 2.05) is 11.6 Å². The van der Waals surface area contributed by atoms with E-state index < -0.39 is 0 Å².